The van der Waals surface area contributed by atoms with Crippen molar-refractivity contribution in [3.05, 3.63) is 29.3 Å². The molecule has 0 bridgehead atoms. The van der Waals surface area contributed by atoms with Crippen molar-refractivity contribution in [1.82, 2.24) is 4.90 Å². The first kappa shape index (κ1) is 18.4. The lowest BCUT2D eigenvalue weighted by Crippen LogP contribution is -2.50. The van der Waals surface area contributed by atoms with Crippen LogP contribution in [0, 0.1) is 12.3 Å². The number of sulfonamides is 1. The van der Waals surface area contributed by atoms with Crippen molar-refractivity contribution < 1.29 is 17.9 Å². The molecule has 138 valence electrons. The molecule has 0 aromatic heterocycles. The lowest BCUT2D eigenvalue weighted by atomic mass is 9.76. The Hall–Kier alpha value is -1.44. The van der Waals surface area contributed by atoms with E-state index < -0.39 is 10.0 Å². The van der Waals surface area contributed by atoms with Gasteiger partial charge in [0, 0.05) is 31.2 Å². The fourth-order valence-corrected chi connectivity index (χ4v) is 4.99. The lowest BCUT2D eigenvalue weighted by Gasteiger charge is -2.43. The molecule has 6 nitrogen and oxygen atoms in total. The van der Waals surface area contributed by atoms with E-state index >= 15 is 0 Å². The van der Waals surface area contributed by atoms with Crippen LogP contribution >= 0.6 is 0 Å². The number of carbonyl (C=O) groups is 1. The molecule has 1 spiro atoms. The number of amides is 1. The summed E-state index contributed by atoms with van der Waals surface area (Å²) in [5.41, 5.74) is 1.20. The summed E-state index contributed by atoms with van der Waals surface area (Å²) in [6.45, 7) is 3.17. The van der Waals surface area contributed by atoms with Crippen LogP contribution in [-0.2, 0) is 14.8 Å². The van der Waals surface area contributed by atoms with Gasteiger partial charge in [0.05, 0.1) is 11.0 Å². The van der Waals surface area contributed by atoms with Gasteiger partial charge in [0.15, 0.2) is 0 Å². The van der Waals surface area contributed by atoms with E-state index in [4.69, 9.17) is 9.88 Å². The van der Waals surface area contributed by atoms with Gasteiger partial charge >= 0.3 is 0 Å². The SMILES string of the molecule is CO[C@@H]1CCC[C@]12CCCN(C(=O)c1cc(S(N)(=O)=O)ccc1C)C2. The fraction of sp³-hybridized carbons (Fsp3) is 0.611. The number of nitrogens with two attached hydrogens (primary N) is 1. The van der Waals surface area contributed by atoms with Gasteiger partial charge in [0.25, 0.3) is 5.91 Å². The van der Waals surface area contributed by atoms with Crippen molar-refractivity contribution in [3.8, 4) is 0 Å². The number of ether oxygens (including phenoxy) is 1. The highest BCUT2D eigenvalue weighted by molar-refractivity contribution is 7.89. The summed E-state index contributed by atoms with van der Waals surface area (Å²) in [5.74, 6) is -0.121. The largest absolute Gasteiger partial charge is 0.381 e. The Morgan fingerprint density at radius 3 is 2.72 bits per heavy atom. The monoisotopic (exact) mass is 366 g/mol. The van der Waals surface area contributed by atoms with E-state index in [1.54, 1.807) is 13.2 Å². The Labute approximate surface area is 149 Å². The summed E-state index contributed by atoms with van der Waals surface area (Å²) in [4.78, 5) is 14.9. The highest BCUT2D eigenvalue weighted by Gasteiger charge is 2.46. The van der Waals surface area contributed by atoms with Crippen molar-refractivity contribution in [2.24, 2.45) is 10.6 Å². The van der Waals surface area contributed by atoms with E-state index in [9.17, 15) is 13.2 Å². The molecule has 1 amide bonds. The number of aryl methyl sites for hydroxylation is 1. The maximum absolute atomic E-state index is 13.1. The van der Waals surface area contributed by atoms with E-state index in [-0.39, 0.29) is 22.3 Å². The number of nitrogens with zero attached hydrogens (tertiary/aromatic N) is 1. The number of rotatable bonds is 3. The molecule has 1 aromatic carbocycles. The number of hydrogen-bond acceptors (Lipinski definition) is 4. The zero-order valence-corrected chi connectivity index (χ0v) is 15.6. The third kappa shape index (κ3) is 3.45. The van der Waals surface area contributed by atoms with E-state index in [0.29, 0.717) is 18.7 Å². The first-order chi connectivity index (χ1) is 11.8. The van der Waals surface area contributed by atoms with Crippen LogP contribution in [0.25, 0.3) is 0 Å². The predicted molar refractivity (Wildman–Crippen MR) is 94.8 cm³/mol. The van der Waals surface area contributed by atoms with Crippen molar-refractivity contribution >= 4 is 15.9 Å². The number of hydrogen-bond donors (Lipinski definition) is 1. The second-order valence-corrected chi connectivity index (χ2v) is 8.89. The molecule has 2 atom stereocenters. The second-order valence-electron chi connectivity index (χ2n) is 7.33. The summed E-state index contributed by atoms with van der Waals surface area (Å²) in [7, 11) is -2.08. The molecule has 2 aliphatic rings. The zero-order valence-electron chi connectivity index (χ0n) is 14.8. The third-order valence-corrected chi connectivity index (χ3v) is 6.68. The summed E-state index contributed by atoms with van der Waals surface area (Å²) in [5, 5.41) is 5.22. The minimum absolute atomic E-state index is 0.0243. The normalized spacial score (nSPS) is 27.0. The van der Waals surface area contributed by atoms with E-state index in [1.807, 2.05) is 11.8 Å². The Balaban J connectivity index is 1.88. The van der Waals surface area contributed by atoms with Crippen LogP contribution in [0.2, 0.25) is 0 Å². The topological polar surface area (TPSA) is 89.7 Å². The molecule has 0 radical (unpaired) electrons. The summed E-state index contributed by atoms with van der Waals surface area (Å²) < 4.78 is 28.9. The molecular formula is C18H26N2O4S. The minimum atomic E-state index is -3.83. The molecule has 0 unspecified atom stereocenters. The number of likely N-dealkylation sites (tertiary alicyclic amines) is 1. The van der Waals surface area contributed by atoms with Crippen molar-refractivity contribution in [2.75, 3.05) is 20.2 Å². The zero-order chi connectivity index (χ0) is 18.2. The molecule has 7 heteroatoms. The number of primary sulfonamides is 1. The van der Waals surface area contributed by atoms with Gasteiger partial charge < -0.3 is 9.64 Å². The lowest BCUT2D eigenvalue weighted by molar-refractivity contribution is -0.0295. The predicted octanol–water partition coefficient (Wildman–Crippen LogP) is 2.06. The van der Waals surface area contributed by atoms with Gasteiger partial charge in [0.1, 0.15) is 0 Å². The minimum Gasteiger partial charge on any atom is -0.381 e. The first-order valence-electron chi connectivity index (χ1n) is 8.72. The molecule has 3 rings (SSSR count). The first-order valence-corrected chi connectivity index (χ1v) is 10.3. The molecule has 1 saturated carbocycles. The highest BCUT2D eigenvalue weighted by atomic mass is 32.2. The van der Waals surface area contributed by atoms with Crippen molar-refractivity contribution in [2.45, 2.75) is 50.0 Å². The molecular weight excluding hydrogens is 340 g/mol. The van der Waals surface area contributed by atoms with Gasteiger partial charge in [-0.1, -0.05) is 12.5 Å². The van der Waals surface area contributed by atoms with Gasteiger partial charge in [0.2, 0.25) is 10.0 Å². The Morgan fingerprint density at radius 1 is 1.32 bits per heavy atom. The average molecular weight is 366 g/mol. The van der Waals surface area contributed by atoms with E-state index in [2.05, 4.69) is 0 Å². The smallest absolute Gasteiger partial charge is 0.254 e. The molecule has 1 aromatic rings. The number of piperidine rings is 1. The van der Waals surface area contributed by atoms with Crippen LogP contribution in [0.1, 0.15) is 48.0 Å². The van der Waals surface area contributed by atoms with Crippen LogP contribution in [0.5, 0.6) is 0 Å². The van der Waals surface area contributed by atoms with E-state index in [0.717, 1.165) is 37.7 Å². The summed E-state index contributed by atoms with van der Waals surface area (Å²) >= 11 is 0. The molecule has 1 aliphatic heterocycles. The second kappa shape index (κ2) is 6.70. The van der Waals surface area contributed by atoms with Crippen LogP contribution < -0.4 is 5.14 Å². The quantitative estimate of drug-likeness (QED) is 0.887. The maximum Gasteiger partial charge on any atom is 0.254 e. The molecule has 2 fully saturated rings. The Morgan fingerprint density at radius 2 is 2.04 bits per heavy atom. The van der Waals surface area contributed by atoms with Crippen LogP contribution in [0.15, 0.2) is 23.1 Å². The van der Waals surface area contributed by atoms with Gasteiger partial charge in [-0.15, -0.1) is 0 Å². The number of carbonyl (C=O) groups excluding carboxylic acids is 1. The van der Waals surface area contributed by atoms with Crippen LogP contribution in [0.4, 0.5) is 0 Å². The Kier molecular flexibility index (Phi) is 4.92. The third-order valence-electron chi connectivity index (χ3n) is 5.77. The van der Waals surface area contributed by atoms with Gasteiger partial charge in [-0.3, -0.25) is 4.79 Å². The maximum atomic E-state index is 13.1. The fourth-order valence-electron chi connectivity index (χ4n) is 4.45. The van der Waals surface area contributed by atoms with Gasteiger partial charge in [-0.25, -0.2) is 13.6 Å². The van der Waals surface area contributed by atoms with Crippen LogP contribution in [0.3, 0.4) is 0 Å². The molecule has 1 aliphatic carbocycles. The van der Waals surface area contributed by atoms with Gasteiger partial charge in [-0.2, -0.15) is 0 Å². The van der Waals surface area contributed by atoms with Crippen molar-refractivity contribution in [1.29, 1.82) is 0 Å². The van der Waals surface area contributed by atoms with Crippen molar-refractivity contribution in [3.63, 3.8) is 0 Å². The standard InChI is InChI=1S/C18H26N2O4S/c1-13-6-7-14(25(19,22)23)11-15(13)17(21)20-10-4-9-18(12-20)8-3-5-16(18)24-2/h6-7,11,16H,3-5,8-10,12H2,1-2H3,(H2,19,22,23)/t16-,18-/m1/s1. The molecule has 2 N–H and O–H groups in total. The average Bonchev–Trinajstić information content (AvgIpc) is 2.95. The number of methoxy groups -OCH3 is 1. The highest BCUT2D eigenvalue weighted by Crippen LogP contribution is 2.46. The Bertz CT molecular complexity index is 777. The van der Waals surface area contributed by atoms with Crippen LogP contribution in [-0.4, -0.2) is 45.5 Å². The molecule has 1 saturated heterocycles. The summed E-state index contributed by atoms with van der Waals surface area (Å²) in [6.07, 6.45) is 5.45. The van der Waals surface area contributed by atoms with E-state index in [1.165, 1.54) is 12.1 Å². The summed E-state index contributed by atoms with van der Waals surface area (Å²) in [6, 6.07) is 4.48. The molecule has 1 heterocycles. The number of benzene rings is 1. The van der Waals surface area contributed by atoms with Gasteiger partial charge in [-0.05, 0) is 50.3 Å². The molecule has 25 heavy (non-hydrogen) atoms.